The Morgan fingerprint density at radius 1 is 1.24 bits per heavy atom. The highest BCUT2D eigenvalue weighted by Crippen LogP contribution is 2.34. The van der Waals surface area contributed by atoms with Gasteiger partial charge in [0.25, 0.3) is 5.70 Å². The highest BCUT2D eigenvalue weighted by molar-refractivity contribution is 5.95. The lowest BCUT2D eigenvalue weighted by Crippen LogP contribution is -2.48. The van der Waals surface area contributed by atoms with Crippen LogP contribution in [0, 0.1) is 22.0 Å². The number of hydrogen-bond donors (Lipinski definition) is 0. The van der Waals surface area contributed by atoms with E-state index in [1.165, 1.54) is 14.0 Å². The molecule has 0 spiro atoms. The van der Waals surface area contributed by atoms with Gasteiger partial charge in [-0.3, -0.25) is 24.5 Å². The summed E-state index contributed by atoms with van der Waals surface area (Å²) in [5, 5.41) is 11.5. The Labute approximate surface area is 142 Å². The number of carbonyl (C=O) groups is 3. The largest absolute Gasteiger partial charge is 0.468 e. The van der Waals surface area contributed by atoms with Crippen LogP contribution >= 0.6 is 0 Å². The van der Waals surface area contributed by atoms with Crippen LogP contribution in [0.1, 0.15) is 6.92 Å². The van der Waals surface area contributed by atoms with Gasteiger partial charge in [-0.1, -0.05) is 0 Å². The number of ether oxygens (including phenoxy) is 5. The van der Waals surface area contributed by atoms with Crippen LogP contribution in [0.3, 0.4) is 0 Å². The summed E-state index contributed by atoms with van der Waals surface area (Å²) >= 11 is 0. The molecule has 0 unspecified atom stereocenters. The molecule has 0 bridgehead atoms. The van der Waals surface area contributed by atoms with Gasteiger partial charge >= 0.3 is 17.9 Å². The second-order valence-electron chi connectivity index (χ2n) is 4.98. The monoisotopic (exact) mass is 361 g/mol. The first-order valence-corrected chi connectivity index (χ1v) is 7.10. The van der Waals surface area contributed by atoms with Crippen molar-refractivity contribution in [3.63, 3.8) is 0 Å². The summed E-state index contributed by atoms with van der Waals surface area (Å²) in [4.78, 5) is 45.6. The summed E-state index contributed by atoms with van der Waals surface area (Å²) in [6.07, 6.45) is -1.27. The SMILES string of the molecule is COC(=O)C(C(=O)OC)[C@@H]1C([N+](=O)[O-])=C[C@@H](COC(C)=O)O[C@H]1OC. The van der Waals surface area contributed by atoms with Gasteiger partial charge < -0.3 is 23.7 Å². The van der Waals surface area contributed by atoms with E-state index >= 15 is 0 Å². The summed E-state index contributed by atoms with van der Waals surface area (Å²) < 4.78 is 24.4. The molecule has 3 atom stereocenters. The standard InChI is InChI=1S/C14H19NO10/c1-7(16)24-6-8-5-9(15(19)20)10(14(23-4)25-8)11(12(17)21-2)13(18)22-3/h5,8,10-11,14H,6H2,1-4H3/t8-,10-,14+/m0/s1. The molecule has 25 heavy (non-hydrogen) atoms. The number of nitro groups is 1. The smallest absolute Gasteiger partial charge is 0.321 e. The van der Waals surface area contributed by atoms with Crippen molar-refractivity contribution in [2.45, 2.75) is 19.3 Å². The molecule has 0 radical (unpaired) electrons. The van der Waals surface area contributed by atoms with Crippen LogP contribution in [0.4, 0.5) is 0 Å². The Morgan fingerprint density at radius 2 is 1.80 bits per heavy atom. The molecule has 11 heteroatoms. The van der Waals surface area contributed by atoms with E-state index in [1.807, 2.05) is 0 Å². The third-order valence-corrected chi connectivity index (χ3v) is 3.46. The van der Waals surface area contributed by atoms with E-state index in [0.29, 0.717) is 0 Å². The maximum Gasteiger partial charge on any atom is 0.321 e. The second kappa shape index (κ2) is 9.08. The number of rotatable bonds is 7. The summed E-state index contributed by atoms with van der Waals surface area (Å²) in [7, 11) is 3.25. The van der Waals surface area contributed by atoms with E-state index in [4.69, 9.17) is 14.2 Å². The van der Waals surface area contributed by atoms with Crippen molar-refractivity contribution in [2.24, 2.45) is 11.8 Å². The van der Waals surface area contributed by atoms with E-state index in [-0.39, 0.29) is 6.61 Å². The van der Waals surface area contributed by atoms with Crippen molar-refractivity contribution in [1.82, 2.24) is 0 Å². The molecule has 0 aromatic heterocycles. The van der Waals surface area contributed by atoms with Gasteiger partial charge in [-0.05, 0) is 0 Å². The van der Waals surface area contributed by atoms with Gasteiger partial charge in [0.15, 0.2) is 12.2 Å². The molecular formula is C14H19NO10. The molecule has 0 saturated carbocycles. The van der Waals surface area contributed by atoms with Crippen molar-refractivity contribution in [3.8, 4) is 0 Å². The second-order valence-corrected chi connectivity index (χ2v) is 4.98. The van der Waals surface area contributed by atoms with Gasteiger partial charge in [-0.25, -0.2) is 0 Å². The number of hydrogen-bond acceptors (Lipinski definition) is 10. The zero-order valence-electron chi connectivity index (χ0n) is 14.1. The summed E-state index contributed by atoms with van der Waals surface area (Å²) in [5.41, 5.74) is -0.504. The molecule has 1 heterocycles. The molecule has 0 aromatic rings. The van der Waals surface area contributed by atoms with Gasteiger partial charge in [0.1, 0.15) is 18.6 Å². The van der Waals surface area contributed by atoms with Crippen molar-refractivity contribution in [3.05, 3.63) is 21.9 Å². The predicted molar refractivity (Wildman–Crippen MR) is 78.4 cm³/mol. The third-order valence-electron chi connectivity index (χ3n) is 3.46. The quantitative estimate of drug-likeness (QED) is 0.194. The van der Waals surface area contributed by atoms with Crippen LogP contribution in [0.5, 0.6) is 0 Å². The van der Waals surface area contributed by atoms with Crippen molar-refractivity contribution >= 4 is 17.9 Å². The first kappa shape index (κ1) is 20.5. The molecule has 140 valence electrons. The molecule has 11 nitrogen and oxygen atoms in total. The van der Waals surface area contributed by atoms with Crippen LogP contribution < -0.4 is 0 Å². The lowest BCUT2D eigenvalue weighted by Gasteiger charge is -2.33. The fraction of sp³-hybridized carbons (Fsp3) is 0.643. The van der Waals surface area contributed by atoms with Crippen LogP contribution in [-0.2, 0) is 38.1 Å². The van der Waals surface area contributed by atoms with Crippen LogP contribution in [0.25, 0.3) is 0 Å². The predicted octanol–water partition coefficient (Wildman–Crippen LogP) is -0.340. The van der Waals surface area contributed by atoms with Gasteiger partial charge in [0.05, 0.1) is 19.1 Å². The van der Waals surface area contributed by atoms with Crippen molar-refractivity contribution in [1.29, 1.82) is 0 Å². The van der Waals surface area contributed by atoms with Crippen LogP contribution in [0.15, 0.2) is 11.8 Å². The summed E-state index contributed by atoms with van der Waals surface area (Å²) in [6, 6.07) is 0. The minimum absolute atomic E-state index is 0.291. The molecule has 0 amide bonds. The first-order chi connectivity index (χ1) is 11.8. The molecule has 1 aliphatic rings. The summed E-state index contributed by atoms with van der Waals surface area (Å²) in [6.45, 7) is 0.877. The number of methoxy groups -OCH3 is 3. The Hall–Kier alpha value is -2.53. The zero-order chi connectivity index (χ0) is 19.1. The maximum atomic E-state index is 12.0. The fourth-order valence-corrected chi connectivity index (χ4v) is 2.38. The minimum Gasteiger partial charge on any atom is -0.468 e. The molecule has 0 fully saturated rings. The number of nitrogens with zero attached hydrogens (tertiary/aromatic N) is 1. The van der Waals surface area contributed by atoms with Crippen molar-refractivity contribution < 1.29 is 43.0 Å². The van der Waals surface area contributed by atoms with E-state index in [1.54, 1.807) is 0 Å². The normalized spacial score (nSPS) is 22.8. The molecule has 0 saturated heterocycles. The van der Waals surface area contributed by atoms with Gasteiger partial charge in [-0.15, -0.1) is 0 Å². The minimum atomic E-state index is -1.66. The average molecular weight is 361 g/mol. The molecule has 0 aromatic carbocycles. The Kier molecular flexibility index (Phi) is 7.45. The topological polar surface area (TPSA) is 140 Å². The van der Waals surface area contributed by atoms with Gasteiger partial charge in [0, 0.05) is 20.1 Å². The lowest BCUT2D eigenvalue weighted by molar-refractivity contribution is -0.445. The van der Waals surface area contributed by atoms with Crippen LogP contribution in [-0.4, -0.2) is 63.2 Å². The fourth-order valence-electron chi connectivity index (χ4n) is 2.38. The highest BCUT2D eigenvalue weighted by atomic mass is 16.7. The van der Waals surface area contributed by atoms with Crippen LogP contribution in [0.2, 0.25) is 0 Å². The molecule has 1 rings (SSSR count). The highest BCUT2D eigenvalue weighted by Gasteiger charge is 2.52. The van der Waals surface area contributed by atoms with E-state index in [2.05, 4.69) is 9.47 Å². The zero-order valence-corrected chi connectivity index (χ0v) is 14.1. The Morgan fingerprint density at radius 3 is 2.20 bits per heavy atom. The first-order valence-electron chi connectivity index (χ1n) is 7.10. The van der Waals surface area contributed by atoms with Crippen molar-refractivity contribution in [2.75, 3.05) is 27.9 Å². The average Bonchev–Trinajstić information content (AvgIpc) is 2.59. The molecule has 0 aliphatic carbocycles. The van der Waals surface area contributed by atoms with E-state index < -0.39 is 52.8 Å². The molecule has 1 aliphatic heterocycles. The summed E-state index contributed by atoms with van der Waals surface area (Å²) in [5.74, 6) is -5.74. The lowest BCUT2D eigenvalue weighted by atomic mass is 9.86. The maximum absolute atomic E-state index is 12.0. The molecular weight excluding hydrogens is 342 g/mol. The van der Waals surface area contributed by atoms with E-state index in [9.17, 15) is 24.5 Å². The van der Waals surface area contributed by atoms with Gasteiger partial charge in [0.2, 0.25) is 0 Å². The number of carbonyl (C=O) groups excluding carboxylic acids is 3. The van der Waals surface area contributed by atoms with Gasteiger partial charge in [-0.2, -0.15) is 0 Å². The Balaban J connectivity index is 3.30. The molecule has 0 N–H and O–H groups in total. The third kappa shape index (κ3) is 4.97. The van der Waals surface area contributed by atoms with E-state index in [0.717, 1.165) is 20.3 Å². The Bertz CT molecular complexity index is 556. The number of esters is 3.